The number of ether oxygens (including phenoxy) is 1. The summed E-state index contributed by atoms with van der Waals surface area (Å²) in [7, 11) is 0. The maximum Gasteiger partial charge on any atom is 0.319 e. The largest absolute Gasteiger partial charge is 0.462 e. The fourth-order valence-electron chi connectivity index (χ4n) is 2.60. The van der Waals surface area contributed by atoms with Crippen LogP contribution in [0, 0.1) is 0 Å². The highest BCUT2D eigenvalue weighted by Crippen LogP contribution is 2.35. The van der Waals surface area contributed by atoms with E-state index in [1.807, 2.05) is 37.3 Å². The normalized spacial score (nSPS) is 20.8. The van der Waals surface area contributed by atoms with E-state index in [1.54, 1.807) is 12.3 Å². The van der Waals surface area contributed by atoms with Crippen molar-refractivity contribution in [3.05, 3.63) is 42.7 Å². The van der Waals surface area contributed by atoms with E-state index in [2.05, 4.69) is 9.97 Å². The van der Waals surface area contributed by atoms with Crippen LogP contribution in [-0.4, -0.2) is 27.3 Å². The predicted octanol–water partition coefficient (Wildman–Crippen LogP) is 3.69. The molecule has 3 aromatic rings. The quantitative estimate of drug-likeness (QED) is 0.540. The van der Waals surface area contributed by atoms with Crippen molar-refractivity contribution in [3.63, 3.8) is 0 Å². The molecule has 0 radical (unpaired) electrons. The number of aromatic nitrogens is 2. The lowest BCUT2D eigenvalue weighted by Crippen LogP contribution is -2.10. The molecule has 6 heteroatoms. The van der Waals surface area contributed by atoms with Gasteiger partial charge in [0, 0.05) is 11.8 Å². The van der Waals surface area contributed by atoms with Gasteiger partial charge < -0.3 is 9.15 Å². The molecule has 5 nitrogen and oxygen atoms in total. The average molecular weight is 326 g/mol. The summed E-state index contributed by atoms with van der Waals surface area (Å²) in [6.07, 6.45) is 2.24. The summed E-state index contributed by atoms with van der Waals surface area (Å²) in [6, 6.07) is 11.4. The minimum Gasteiger partial charge on any atom is -0.462 e. The second-order valence-corrected chi connectivity index (χ2v) is 6.63. The van der Waals surface area contributed by atoms with E-state index in [4.69, 9.17) is 9.15 Å². The van der Waals surface area contributed by atoms with Gasteiger partial charge in [-0.05, 0) is 25.1 Å². The van der Waals surface area contributed by atoms with Crippen molar-refractivity contribution >= 4 is 28.6 Å². The Balaban J connectivity index is 1.79. The maximum atomic E-state index is 11.9. The first-order chi connectivity index (χ1) is 11.2. The van der Waals surface area contributed by atoms with Crippen molar-refractivity contribution in [2.45, 2.75) is 29.7 Å². The van der Waals surface area contributed by atoms with Crippen molar-refractivity contribution in [1.82, 2.24) is 9.97 Å². The fraction of sp³-hybridized carbons (Fsp3) is 0.235. The number of furan rings is 1. The molecule has 23 heavy (non-hydrogen) atoms. The van der Waals surface area contributed by atoms with E-state index >= 15 is 0 Å². The van der Waals surface area contributed by atoms with Crippen molar-refractivity contribution in [2.24, 2.45) is 0 Å². The number of nitrogens with zero attached hydrogens (tertiary/aromatic N) is 2. The van der Waals surface area contributed by atoms with E-state index in [1.165, 1.54) is 11.8 Å². The minimum atomic E-state index is -0.229. The molecule has 0 amide bonds. The van der Waals surface area contributed by atoms with Crippen molar-refractivity contribution in [3.8, 4) is 11.6 Å². The molecule has 0 spiro atoms. The Kier molecular flexibility index (Phi) is 3.53. The molecule has 116 valence electrons. The third-order valence-electron chi connectivity index (χ3n) is 3.69. The molecule has 1 fully saturated rings. The summed E-state index contributed by atoms with van der Waals surface area (Å²) < 4.78 is 10.6. The van der Waals surface area contributed by atoms with Crippen LogP contribution in [0.3, 0.4) is 0 Å². The van der Waals surface area contributed by atoms with E-state index in [0.717, 1.165) is 15.9 Å². The van der Waals surface area contributed by atoms with Gasteiger partial charge in [-0.2, -0.15) is 0 Å². The maximum absolute atomic E-state index is 11.9. The monoisotopic (exact) mass is 326 g/mol. The number of hydrogen-bond acceptors (Lipinski definition) is 6. The standard InChI is InChI=1S/C17H14N2O3S/c1-10-9-14(17(20)22-10)23-16-11-5-2-3-6-12(11)18-15(19-16)13-7-4-8-21-13/h2-8,10,14H,9H2,1H3/t10-,14+/m0/s1. The number of esters is 1. The number of benzene rings is 1. The van der Waals surface area contributed by atoms with Gasteiger partial charge in [0.05, 0.1) is 11.8 Å². The zero-order valence-electron chi connectivity index (χ0n) is 12.4. The van der Waals surface area contributed by atoms with Gasteiger partial charge in [0.1, 0.15) is 16.4 Å². The zero-order chi connectivity index (χ0) is 15.8. The summed E-state index contributed by atoms with van der Waals surface area (Å²) in [4.78, 5) is 21.1. The van der Waals surface area contributed by atoms with Crippen LogP contribution in [0.5, 0.6) is 0 Å². The number of carbonyl (C=O) groups is 1. The third kappa shape index (κ3) is 2.70. The lowest BCUT2D eigenvalue weighted by atomic mass is 10.2. The second kappa shape index (κ2) is 5.70. The molecular weight excluding hydrogens is 312 g/mol. The van der Waals surface area contributed by atoms with Gasteiger partial charge in [-0.25, -0.2) is 9.97 Å². The number of cyclic esters (lactones) is 1. The second-order valence-electron chi connectivity index (χ2n) is 5.44. The summed E-state index contributed by atoms with van der Waals surface area (Å²) in [6.45, 7) is 1.91. The van der Waals surface area contributed by atoms with Crippen molar-refractivity contribution in [2.75, 3.05) is 0 Å². The molecular formula is C17H14N2O3S. The SMILES string of the molecule is C[C@H]1C[C@@H](Sc2nc(-c3ccco3)nc3ccccc23)C(=O)O1. The fourth-order valence-corrected chi connectivity index (χ4v) is 3.83. The van der Waals surface area contributed by atoms with E-state index in [9.17, 15) is 4.79 Å². The topological polar surface area (TPSA) is 65.2 Å². The first kappa shape index (κ1) is 14.3. The molecule has 2 aromatic heterocycles. The molecule has 4 rings (SSSR count). The molecule has 2 atom stereocenters. The van der Waals surface area contributed by atoms with Crippen LogP contribution in [0.1, 0.15) is 13.3 Å². The number of hydrogen-bond donors (Lipinski definition) is 0. The molecule has 3 heterocycles. The predicted molar refractivity (Wildman–Crippen MR) is 87.1 cm³/mol. The van der Waals surface area contributed by atoms with Crippen LogP contribution in [0.2, 0.25) is 0 Å². The number of para-hydroxylation sites is 1. The van der Waals surface area contributed by atoms with E-state index < -0.39 is 0 Å². The molecule has 1 aliphatic rings. The minimum absolute atomic E-state index is 0.0438. The van der Waals surface area contributed by atoms with Crippen LogP contribution in [-0.2, 0) is 9.53 Å². The molecule has 1 saturated heterocycles. The van der Waals surface area contributed by atoms with Crippen molar-refractivity contribution in [1.29, 1.82) is 0 Å². The Bertz CT molecular complexity index is 863. The van der Waals surface area contributed by atoms with Crippen LogP contribution in [0.15, 0.2) is 52.1 Å². The first-order valence-corrected chi connectivity index (χ1v) is 8.26. The summed E-state index contributed by atoms with van der Waals surface area (Å²) in [5.74, 6) is 0.959. The van der Waals surface area contributed by atoms with Gasteiger partial charge >= 0.3 is 5.97 Å². The van der Waals surface area contributed by atoms with Crippen molar-refractivity contribution < 1.29 is 13.9 Å². The van der Waals surface area contributed by atoms with Gasteiger partial charge in [0.15, 0.2) is 11.6 Å². The Morgan fingerprint density at radius 1 is 1.17 bits per heavy atom. The molecule has 0 bridgehead atoms. The molecule has 0 aliphatic carbocycles. The molecule has 0 unspecified atom stereocenters. The van der Waals surface area contributed by atoms with Gasteiger partial charge in [-0.1, -0.05) is 30.0 Å². The van der Waals surface area contributed by atoms with Crippen LogP contribution >= 0.6 is 11.8 Å². The highest BCUT2D eigenvalue weighted by atomic mass is 32.2. The molecule has 0 N–H and O–H groups in total. The Morgan fingerprint density at radius 2 is 2.04 bits per heavy atom. The molecule has 1 aliphatic heterocycles. The molecule has 1 aromatic carbocycles. The number of fused-ring (bicyclic) bond motifs is 1. The van der Waals surface area contributed by atoms with Gasteiger partial charge in [0.25, 0.3) is 0 Å². The first-order valence-electron chi connectivity index (χ1n) is 7.38. The van der Waals surface area contributed by atoms with Crippen LogP contribution in [0.25, 0.3) is 22.5 Å². The van der Waals surface area contributed by atoms with Gasteiger partial charge in [-0.3, -0.25) is 4.79 Å². The van der Waals surface area contributed by atoms with Crippen LogP contribution in [0.4, 0.5) is 0 Å². The Labute approximate surface area is 137 Å². The van der Waals surface area contributed by atoms with E-state index in [0.29, 0.717) is 18.0 Å². The summed E-state index contributed by atoms with van der Waals surface area (Å²) in [5, 5.41) is 1.48. The van der Waals surface area contributed by atoms with E-state index in [-0.39, 0.29) is 17.3 Å². The summed E-state index contributed by atoms with van der Waals surface area (Å²) in [5.41, 5.74) is 0.829. The van der Waals surface area contributed by atoms with Crippen LogP contribution < -0.4 is 0 Å². The lowest BCUT2D eigenvalue weighted by Gasteiger charge is -2.09. The Hall–Kier alpha value is -2.34. The molecule has 0 saturated carbocycles. The van der Waals surface area contributed by atoms with Gasteiger partial charge in [0.2, 0.25) is 0 Å². The summed E-state index contributed by atoms with van der Waals surface area (Å²) >= 11 is 1.44. The number of carbonyl (C=O) groups excluding carboxylic acids is 1. The highest BCUT2D eigenvalue weighted by molar-refractivity contribution is 8.00. The Morgan fingerprint density at radius 3 is 2.78 bits per heavy atom. The third-order valence-corrected chi connectivity index (χ3v) is 4.89. The number of thioether (sulfide) groups is 1. The van der Waals surface area contributed by atoms with Gasteiger partial charge in [-0.15, -0.1) is 0 Å². The smallest absolute Gasteiger partial charge is 0.319 e. The lowest BCUT2D eigenvalue weighted by molar-refractivity contribution is -0.140. The number of rotatable bonds is 3. The zero-order valence-corrected chi connectivity index (χ0v) is 13.2. The average Bonchev–Trinajstić information content (AvgIpc) is 3.17. The highest BCUT2D eigenvalue weighted by Gasteiger charge is 2.33.